The Morgan fingerprint density at radius 3 is 2.26 bits per heavy atom. The minimum absolute atomic E-state index is 0.0283. The Hall–Kier alpha value is -2.63. The molecule has 0 aliphatic heterocycles. The zero-order valence-corrected chi connectivity index (χ0v) is 27.9. The van der Waals surface area contributed by atoms with Crippen molar-refractivity contribution in [1.82, 2.24) is 4.90 Å². The van der Waals surface area contributed by atoms with Crippen molar-refractivity contribution in [3.8, 4) is 0 Å². The van der Waals surface area contributed by atoms with E-state index in [1.807, 2.05) is 44.2 Å². The molecule has 0 fully saturated rings. The number of hydrogen-bond acceptors (Lipinski definition) is 4. The molecule has 2 aliphatic rings. The van der Waals surface area contributed by atoms with Gasteiger partial charge in [-0.05, 0) is 87.8 Å². The van der Waals surface area contributed by atoms with Crippen molar-refractivity contribution < 1.29 is 14.3 Å². The molecule has 228 valence electrons. The highest BCUT2D eigenvalue weighted by Crippen LogP contribution is 2.49. The topological polar surface area (TPSA) is 59.0 Å². The SMILES string of the molecule is CCC(=NC(c1ccc(Cl)cc1)C(C)C1=CC=C(Cl)CC1)C1(C)C(OC(C)C)=CCC(C(C)C)=C1N(CC=O)C(C)=O. The molecule has 1 aromatic carbocycles. The fourth-order valence-electron chi connectivity index (χ4n) is 6.13. The molecule has 3 unspecified atom stereocenters. The summed E-state index contributed by atoms with van der Waals surface area (Å²) < 4.78 is 6.52. The van der Waals surface area contributed by atoms with Gasteiger partial charge in [0.15, 0.2) is 0 Å². The third kappa shape index (κ3) is 7.47. The van der Waals surface area contributed by atoms with Crippen LogP contribution in [-0.2, 0) is 14.3 Å². The molecule has 1 aromatic rings. The molecule has 0 aromatic heterocycles. The van der Waals surface area contributed by atoms with E-state index in [2.05, 4.69) is 46.8 Å². The van der Waals surface area contributed by atoms with E-state index >= 15 is 0 Å². The molecule has 1 amide bonds. The maximum Gasteiger partial charge on any atom is 0.224 e. The zero-order valence-electron chi connectivity index (χ0n) is 26.3. The number of allylic oxidation sites excluding steroid dienone is 5. The molecule has 5 nitrogen and oxygen atoms in total. The zero-order chi connectivity index (χ0) is 31.2. The van der Waals surface area contributed by atoms with Gasteiger partial charge >= 0.3 is 0 Å². The predicted molar refractivity (Wildman–Crippen MR) is 175 cm³/mol. The third-order valence-electron chi connectivity index (χ3n) is 8.35. The van der Waals surface area contributed by atoms with Crippen LogP contribution in [-0.4, -0.2) is 35.5 Å². The standard InChI is InChI=1S/C35H46Cl2N2O3/c1-9-31(38-33(27-12-16-29(37)17-13-27)24(6)26-10-14-28(36)15-11-26)35(8)32(42-23(4)5)19-18-30(22(2)3)34(35)39(20-21-40)25(7)41/h10,12-14,16-17,19,21-24,33H,9,11,15,18,20H2,1-8H3. The lowest BCUT2D eigenvalue weighted by molar-refractivity contribution is -0.129. The monoisotopic (exact) mass is 612 g/mol. The number of nitrogens with zero attached hydrogens (tertiary/aromatic N) is 2. The first-order chi connectivity index (χ1) is 19.8. The van der Waals surface area contributed by atoms with E-state index in [1.165, 1.54) is 12.5 Å². The van der Waals surface area contributed by atoms with Crippen LogP contribution in [0.15, 0.2) is 75.1 Å². The minimum atomic E-state index is -0.861. The van der Waals surface area contributed by atoms with Gasteiger partial charge in [-0.3, -0.25) is 9.79 Å². The van der Waals surface area contributed by atoms with Crippen LogP contribution in [0.1, 0.15) is 92.7 Å². The number of carbonyl (C=O) groups is 2. The summed E-state index contributed by atoms with van der Waals surface area (Å²) in [6, 6.07) is 7.68. The fourth-order valence-corrected chi connectivity index (χ4v) is 6.41. The summed E-state index contributed by atoms with van der Waals surface area (Å²) in [5.74, 6) is 0.818. The number of halogens is 2. The van der Waals surface area contributed by atoms with Gasteiger partial charge in [0.2, 0.25) is 5.91 Å². The molecular weight excluding hydrogens is 567 g/mol. The van der Waals surface area contributed by atoms with Gasteiger partial charge in [-0.1, -0.05) is 74.7 Å². The van der Waals surface area contributed by atoms with Crippen LogP contribution in [0.3, 0.4) is 0 Å². The van der Waals surface area contributed by atoms with Crippen molar-refractivity contribution in [3.63, 3.8) is 0 Å². The number of carbonyl (C=O) groups excluding carboxylic acids is 2. The Labute approximate surface area is 262 Å². The molecule has 0 bridgehead atoms. The summed E-state index contributed by atoms with van der Waals surface area (Å²) in [5.41, 5.74) is 4.30. The van der Waals surface area contributed by atoms with Gasteiger partial charge in [0.25, 0.3) is 0 Å². The van der Waals surface area contributed by atoms with Gasteiger partial charge in [0, 0.05) is 34.3 Å². The second kappa shape index (κ2) is 14.7. The summed E-state index contributed by atoms with van der Waals surface area (Å²) in [5, 5.41) is 1.53. The maximum absolute atomic E-state index is 13.1. The second-order valence-electron chi connectivity index (χ2n) is 12.0. The first-order valence-electron chi connectivity index (χ1n) is 15.0. The molecule has 0 radical (unpaired) electrons. The normalized spacial score (nSPS) is 21.0. The Kier molecular flexibility index (Phi) is 11.9. The highest BCUT2D eigenvalue weighted by molar-refractivity contribution is 6.30. The lowest BCUT2D eigenvalue weighted by atomic mass is 9.70. The van der Waals surface area contributed by atoms with E-state index in [4.69, 9.17) is 32.9 Å². The lowest BCUT2D eigenvalue weighted by Crippen LogP contribution is -2.46. The molecule has 3 atom stereocenters. The second-order valence-corrected chi connectivity index (χ2v) is 12.9. The van der Waals surface area contributed by atoms with Crippen LogP contribution in [0.25, 0.3) is 0 Å². The summed E-state index contributed by atoms with van der Waals surface area (Å²) in [7, 11) is 0. The van der Waals surface area contributed by atoms with E-state index in [-0.39, 0.29) is 36.4 Å². The molecular formula is C35H46Cl2N2O3. The number of aldehydes is 1. The first-order valence-corrected chi connectivity index (χ1v) is 15.8. The largest absolute Gasteiger partial charge is 0.494 e. The minimum Gasteiger partial charge on any atom is -0.494 e. The van der Waals surface area contributed by atoms with Gasteiger partial charge in [-0.2, -0.15) is 0 Å². The molecule has 0 saturated carbocycles. The molecule has 0 spiro atoms. The Bertz CT molecular complexity index is 1300. The van der Waals surface area contributed by atoms with E-state index in [9.17, 15) is 9.59 Å². The lowest BCUT2D eigenvalue weighted by Gasteiger charge is -2.45. The number of aliphatic imine (C=N–C) groups is 1. The van der Waals surface area contributed by atoms with Crippen LogP contribution in [0.2, 0.25) is 5.02 Å². The average Bonchev–Trinajstić information content (AvgIpc) is 2.94. The number of rotatable bonds is 12. The van der Waals surface area contributed by atoms with E-state index in [1.54, 1.807) is 4.90 Å². The predicted octanol–water partition coefficient (Wildman–Crippen LogP) is 9.39. The summed E-state index contributed by atoms with van der Waals surface area (Å²) >= 11 is 12.6. The molecule has 42 heavy (non-hydrogen) atoms. The molecule has 3 rings (SSSR count). The van der Waals surface area contributed by atoms with Crippen molar-refractivity contribution in [3.05, 3.63) is 80.7 Å². The van der Waals surface area contributed by atoms with Gasteiger partial charge < -0.3 is 14.4 Å². The van der Waals surface area contributed by atoms with Crippen molar-refractivity contribution in [2.45, 2.75) is 93.2 Å². The highest BCUT2D eigenvalue weighted by atomic mass is 35.5. The summed E-state index contributed by atoms with van der Waals surface area (Å²) in [4.78, 5) is 32.3. The van der Waals surface area contributed by atoms with E-state index < -0.39 is 5.41 Å². The number of benzene rings is 1. The molecule has 2 aliphatic carbocycles. The van der Waals surface area contributed by atoms with Crippen LogP contribution in [0.4, 0.5) is 0 Å². The van der Waals surface area contributed by atoms with Crippen molar-refractivity contribution in [2.24, 2.45) is 22.2 Å². The van der Waals surface area contributed by atoms with Gasteiger partial charge in [-0.15, -0.1) is 0 Å². The van der Waals surface area contributed by atoms with Gasteiger partial charge in [0.05, 0.1) is 18.7 Å². The smallest absolute Gasteiger partial charge is 0.224 e. The van der Waals surface area contributed by atoms with Crippen LogP contribution < -0.4 is 0 Å². The number of ether oxygens (including phenoxy) is 1. The van der Waals surface area contributed by atoms with E-state index in [0.29, 0.717) is 17.9 Å². The van der Waals surface area contributed by atoms with Crippen LogP contribution in [0, 0.1) is 17.3 Å². The first kappa shape index (κ1) is 33.9. The van der Waals surface area contributed by atoms with Crippen molar-refractivity contribution in [1.29, 1.82) is 0 Å². The Morgan fingerprint density at radius 1 is 1.10 bits per heavy atom. The van der Waals surface area contributed by atoms with E-state index in [0.717, 1.165) is 52.5 Å². The number of hydrogen-bond donors (Lipinski definition) is 0. The quantitative estimate of drug-likeness (QED) is 0.174. The fraction of sp³-hybridized carbons (Fsp3) is 0.514. The van der Waals surface area contributed by atoms with Gasteiger partial charge in [-0.25, -0.2) is 0 Å². The molecule has 7 heteroatoms. The molecule has 0 heterocycles. The summed E-state index contributed by atoms with van der Waals surface area (Å²) in [6.45, 7) is 16.2. The van der Waals surface area contributed by atoms with Crippen LogP contribution >= 0.6 is 23.2 Å². The Morgan fingerprint density at radius 2 is 1.76 bits per heavy atom. The Balaban J connectivity index is 2.34. The highest BCUT2D eigenvalue weighted by Gasteiger charge is 2.47. The van der Waals surface area contributed by atoms with Gasteiger partial charge in [0.1, 0.15) is 17.5 Å². The maximum atomic E-state index is 13.1. The van der Waals surface area contributed by atoms with Crippen LogP contribution in [0.5, 0.6) is 0 Å². The van der Waals surface area contributed by atoms with Crippen molar-refractivity contribution >= 4 is 41.1 Å². The molecule has 0 N–H and O–H groups in total. The van der Waals surface area contributed by atoms with Crippen molar-refractivity contribution in [2.75, 3.05) is 6.54 Å². The molecule has 0 saturated heterocycles. The average molecular weight is 614 g/mol. The number of amides is 1. The summed E-state index contributed by atoms with van der Waals surface area (Å²) in [6.07, 6.45) is 9.91. The third-order valence-corrected chi connectivity index (χ3v) is 8.92.